The fourth-order valence-corrected chi connectivity index (χ4v) is 5.74. The largest absolute Gasteiger partial charge is 0.464 e. The maximum atomic E-state index is 13.8. The van der Waals surface area contributed by atoms with Gasteiger partial charge in [0.25, 0.3) is 0 Å². The zero-order chi connectivity index (χ0) is 32.6. The number of hydrogen-bond donors (Lipinski definition) is 4. The van der Waals surface area contributed by atoms with Crippen molar-refractivity contribution >= 4 is 30.1 Å². The molecule has 10 nitrogen and oxygen atoms in total. The first-order chi connectivity index (χ1) is 21.7. The van der Waals surface area contributed by atoms with E-state index in [1.807, 2.05) is 74.5 Å². The van der Waals surface area contributed by atoms with Crippen molar-refractivity contribution in [1.82, 2.24) is 21.3 Å². The van der Waals surface area contributed by atoms with Crippen LogP contribution in [0.1, 0.15) is 70.4 Å². The van der Waals surface area contributed by atoms with Crippen molar-refractivity contribution < 1.29 is 28.7 Å². The minimum atomic E-state index is -0.952. The van der Waals surface area contributed by atoms with Crippen LogP contribution in [-0.4, -0.2) is 60.9 Å². The third-order valence-corrected chi connectivity index (χ3v) is 7.98. The van der Waals surface area contributed by atoms with Gasteiger partial charge in [-0.25, -0.2) is 9.59 Å². The summed E-state index contributed by atoms with van der Waals surface area (Å²) in [6.45, 7) is 5.75. The van der Waals surface area contributed by atoms with E-state index in [0.29, 0.717) is 19.1 Å². The molecule has 4 unspecified atom stereocenters. The number of urea groups is 1. The second kappa shape index (κ2) is 18.6. The SMILES string of the molecule is CCOC(=O)C(Cc1ccccc1)NC(=O)NC(C(=O)NC(CC(C)C)C(=O)NC(C=O)Cc1ccccc1)C1CCCCC1. The standard InChI is InChI=1S/C35H48N4O6/c1-4-45-34(43)30(22-26-16-10-6-11-17-26)38-35(44)39-31(27-18-12-7-13-19-27)33(42)37-29(20-24(2)3)32(41)36-28(23-40)21-25-14-8-5-9-15-25/h5-6,8-11,14-17,23-24,27-31H,4,7,12-13,18-22H2,1-3H3,(H,36,41)(H,37,42)(H2,38,39,44). The van der Waals surface area contributed by atoms with Gasteiger partial charge in [-0.05, 0) is 55.6 Å². The van der Waals surface area contributed by atoms with Crippen LogP contribution in [0.25, 0.3) is 0 Å². The minimum absolute atomic E-state index is 0.0672. The van der Waals surface area contributed by atoms with E-state index in [1.54, 1.807) is 6.92 Å². The summed E-state index contributed by atoms with van der Waals surface area (Å²) >= 11 is 0. The van der Waals surface area contributed by atoms with E-state index >= 15 is 0 Å². The average molecular weight is 621 g/mol. The zero-order valence-electron chi connectivity index (χ0n) is 26.6. The molecular weight excluding hydrogens is 572 g/mol. The summed E-state index contributed by atoms with van der Waals surface area (Å²) in [7, 11) is 0. The first kappa shape index (κ1) is 35.3. The third-order valence-electron chi connectivity index (χ3n) is 7.98. The van der Waals surface area contributed by atoms with Crippen molar-refractivity contribution in [2.75, 3.05) is 6.61 Å². The highest BCUT2D eigenvalue weighted by molar-refractivity contribution is 5.93. The van der Waals surface area contributed by atoms with E-state index in [-0.39, 0.29) is 24.9 Å². The summed E-state index contributed by atoms with van der Waals surface area (Å²) in [5.74, 6) is -1.56. The van der Waals surface area contributed by atoms with Crippen molar-refractivity contribution in [2.24, 2.45) is 11.8 Å². The van der Waals surface area contributed by atoms with Crippen LogP contribution in [0.15, 0.2) is 60.7 Å². The maximum absolute atomic E-state index is 13.8. The highest BCUT2D eigenvalue weighted by Crippen LogP contribution is 2.27. The topological polar surface area (TPSA) is 143 Å². The fraction of sp³-hybridized carbons (Fsp3) is 0.514. The van der Waals surface area contributed by atoms with E-state index in [0.717, 1.165) is 43.2 Å². The summed E-state index contributed by atoms with van der Waals surface area (Å²) in [6.07, 6.45) is 5.99. The van der Waals surface area contributed by atoms with Gasteiger partial charge < -0.3 is 30.8 Å². The second-order valence-electron chi connectivity index (χ2n) is 12.1. The lowest BCUT2D eigenvalue weighted by atomic mass is 9.83. The average Bonchev–Trinajstić information content (AvgIpc) is 3.03. The normalized spacial score (nSPS) is 16.0. The van der Waals surface area contributed by atoms with Crippen LogP contribution in [0.4, 0.5) is 4.79 Å². The summed E-state index contributed by atoms with van der Waals surface area (Å²) in [5, 5.41) is 11.2. The Morgan fingerprint density at radius 3 is 1.93 bits per heavy atom. The number of benzene rings is 2. The molecular formula is C35H48N4O6. The van der Waals surface area contributed by atoms with Gasteiger partial charge in [0.15, 0.2) is 0 Å². The van der Waals surface area contributed by atoms with Gasteiger partial charge in [0.05, 0.1) is 12.6 Å². The Hall–Kier alpha value is -4.21. The number of amides is 4. The molecule has 2 aromatic rings. The molecule has 4 atom stereocenters. The first-order valence-electron chi connectivity index (χ1n) is 16.1. The Balaban J connectivity index is 1.74. The zero-order valence-corrected chi connectivity index (χ0v) is 26.6. The molecule has 10 heteroatoms. The fourth-order valence-electron chi connectivity index (χ4n) is 5.74. The number of carbonyl (C=O) groups excluding carboxylic acids is 5. The highest BCUT2D eigenvalue weighted by atomic mass is 16.5. The molecule has 3 rings (SSSR count). The van der Waals surface area contributed by atoms with Crippen LogP contribution >= 0.6 is 0 Å². The van der Waals surface area contributed by atoms with Crippen molar-refractivity contribution in [3.05, 3.63) is 71.8 Å². The molecule has 45 heavy (non-hydrogen) atoms. The number of hydrogen-bond acceptors (Lipinski definition) is 6. The molecule has 0 bridgehead atoms. The number of ether oxygens (including phenoxy) is 1. The minimum Gasteiger partial charge on any atom is -0.464 e. The first-order valence-corrected chi connectivity index (χ1v) is 16.1. The van der Waals surface area contributed by atoms with E-state index in [1.165, 1.54) is 0 Å². The summed E-state index contributed by atoms with van der Waals surface area (Å²) < 4.78 is 5.21. The molecule has 1 aliphatic rings. The van der Waals surface area contributed by atoms with E-state index in [4.69, 9.17) is 4.74 Å². The number of rotatable bonds is 16. The Kier molecular flexibility index (Phi) is 14.6. The molecule has 1 saturated carbocycles. The molecule has 1 aliphatic carbocycles. The van der Waals surface area contributed by atoms with Crippen LogP contribution in [0.2, 0.25) is 0 Å². The Morgan fingerprint density at radius 2 is 1.38 bits per heavy atom. The maximum Gasteiger partial charge on any atom is 0.329 e. The summed E-state index contributed by atoms with van der Waals surface area (Å²) in [6, 6.07) is 14.5. The summed E-state index contributed by atoms with van der Waals surface area (Å²) in [4.78, 5) is 65.2. The molecule has 4 N–H and O–H groups in total. The van der Waals surface area contributed by atoms with E-state index in [2.05, 4.69) is 21.3 Å². The third kappa shape index (κ3) is 12.0. The predicted molar refractivity (Wildman–Crippen MR) is 172 cm³/mol. The number of aldehydes is 1. The van der Waals surface area contributed by atoms with Crippen molar-refractivity contribution in [1.29, 1.82) is 0 Å². The second-order valence-corrected chi connectivity index (χ2v) is 12.1. The monoisotopic (exact) mass is 620 g/mol. The quantitative estimate of drug-likeness (QED) is 0.166. The van der Waals surface area contributed by atoms with E-state index < -0.39 is 48.0 Å². The van der Waals surface area contributed by atoms with Gasteiger partial charge in [0.2, 0.25) is 11.8 Å². The molecule has 2 aromatic carbocycles. The molecule has 0 spiro atoms. The van der Waals surface area contributed by atoms with Gasteiger partial charge in [-0.1, -0.05) is 93.8 Å². The Morgan fingerprint density at radius 1 is 0.778 bits per heavy atom. The highest BCUT2D eigenvalue weighted by Gasteiger charge is 2.35. The van der Waals surface area contributed by atoms with Crippen molar-refractivity contribution in [2.45, 2.75) is 96.3 Å². The molecule has 0 aromatic heterocycles. The molecule has 1 fully saturated rings. The van der Waals surface area contributed by atoms with Crippen molar-refractivity contribution in [3.8, 4) is 0 Å². The number of carbonyl (C=O) groups is 5. The van der Waals surface area contributed by atoms with Crippen LogP contribution in [0.3, 0.4) is 0 Å². The van der Waals surface area contributed by atoms with Gasteiger partial charge >= 0.3 is 12.0 Å². The number of nitrogens with one attached hydrogen (secondary N) is 4. The lowest BCUT2D eigenvalue weighted by molar-refractivity contribution is -0.145. The van der Waals surface area contributed by atoms with Gasteiger partial charge in [0.1, 0.15) is 24.4 Å². The van der Waals surface area contributed by atoms with Crippen LogP contribution < -0.4 is 21.3 Å². The molecule has 244 valence electrons. The lowest BCUT2D eigenvalue weighted by Crippen LogP contribution is -2.59. The van der Waals surface area contributed by atoms with Gasteiger partial charge in [-0.3, -0.25) is 9.59 Å². The van der Waals surface area contributed by atoms with Gasteiger partial charge in [0, 0.05) is 6.42 Å². The smallest absolute Gasteiger partial charge is 0.329 e. The molecule has 4 amide bonds. The van der Waals surface area contributed by atoms with E-state index in [9.17, 15) is 24.0 Å². The number of esters is 1. The van der Waals surface area contributed by atoms with Crippen LogP contribution in [-0.2, 0) is 36.8 Å². The van der Waals surface area contributed by atoms with Gasteiger partial charge in [-0.15, -0.1) is 0 Å². The lowest BCUT2D eigenvalue weighted by Gasteiger charge is -2.32. The summed E-state index contributed by atoms with van der Waals surface area (Å²) in [5.41, 5.74) is 1.75. The Bertz CT molecular complexity index is 1230. The predicted octanol–water partition coefficient (Wildman–Crippen LogP) is 3.87. The van der Waals surface area contributed by atoms with Crippen LogP contribution in [0, 0.1) is 11.8 Å². The molecule has 0 heterocycles. The Labute approximate surface area is 266 Å². The molecule has 0 aliphatic heterocycles. The van der Waals surface area contributed by atoms with Crippen LogP contribution in [0.5, 0.6) is 0 Å². The van der Waals surface area contributed by atoms with Crippen molar-refractivity contribution in [3.63, 3.8) is 0 Å². The molecule has 0 radical (unpaired) electrons. The molecule has 0 saturated heterocycles. The van der Waals surface area contributed by atoms with Gasteiger partial charge in [-0.2, -0.15) is 0 Å².